The van der Waals surface area contributed by atoms with Gasteiger partial charge in [0, 0.05) is 5.56 Å². The van der Waals surface area contributed by atoms with Gasteiger partial charge in [0.25, 0.3) is 0 Å². The second-order valence-corrected chi connectivity index (χ2v) is 3.17. The van der Waals surface area contributed by atoms with Crippen LogP contribution < -0.4 is 51.4 Å². The first-order valence-corrected chi connectivity index (χ1v) is 4.39. The molecule has 0 heterocycles. The molecule has 0 amide bonds. The molecule has 0 aliphatic carbocycles. The molecule has 0 saturated carbocycles. The van der Waals surface area contributed by atoms with E-state index in [9.17, 15) is 17.7 Å². The summed E-state index contributed by atoms with van der Waals surface area (Å²) in [5.74, 6) is 0.0435. The Balaban J connectivity index is 0.00000225. The molecule has 0 atom stereocenters. The van der Waals surface area contributed by atoms with E-state index in [0.29, 0.717) is 11.1 Å². The van der Waals surface area contributed by atoms with Gasteiger partial charge in [-0.05, 0) is 18.6 Å². The molecular weight excluding hydrogens is 243 g/mol. The normalized spacial score (nSPS) is 11.2. The summed E-state index contributed by atoms with van der Waals surface area (Å²) in [4.78, 5) is 11.0. The van der Waals surface area contributed by atoms with Gasteiger partial charge in [0.1, 0.15) is 0 Å². The van der Waals surface area contributed by atoms with E-state index in [1.165, 1.54) is 19.1 Å². The number of carbonyl (C=O) groups excluding carboxylic acids is 1. The minimum atomic E-state index is -4.92. The summed E-state index contributed by atoms with van der Waals surface area (Å²) in [5, 5.41) is 0. The average molecular weight is 252 g/mol. The standard InChI is InChI=1S/C10H9BF3O.K/c1-8(15)10-4-2-3-9(7-10)5-6-11(12,13)14;/h2-7H,1H3;/q-1;+1/b6-5+;. The van der Waals surface area contributed by atoms with Crippen molar-refractivity contribution in [3.8, 4) is 0 Å². The Morgan fingerprint density at radius 2 is 1.94 bits per heavy atom. The number of benzene rings is 1. The smallest absolute Gasteiger partial charge is 0.445 e. The summed E-state index contributed by atoms with van der Waals surface area (Å²) in [6.07, 6.45) is 0.965. The minimum absolute atomic E-state index is 0. The van der Waals surface area contributed by atoms with Crippen molar-refractivity contribution in [1.82, 2.24) is 0 Å². The van der Waals surface area contributed by atoms with Gasteiger partial charge in [0.05, 0.1) is 0 Å². The molecule has 80 valence electrons. The molecule has 0 aromatic heterocycles. The molecule has 0 N–H and O–H groups in total. The molecular formula is C10H9BF3KO. The summed E-state index contributed by atoms with van der Waals surface area (Å²) in [5.41, 5.74) is 0.786. The van der Waals surface area contributed by atoms with Gasteiger partial charge < -0.3 is 12.9 Å². The van der Waals surface area contributed by atoms with E-state index >= 15 is 0 Å². The van der Waals surface area contributed by atoms with Crippen molar-refractivity contribution in [2.45, 2.75) is 6.92 Å². The monoisotopic (exact) mass is 252 g/mol. The summed E-state index contributed by atoms with van der Waals surface area (Å²) >= 11 is 0. The van der Waals surface area contributed by atoms with Crippen LogP contribution in [0.4, 0.5) is 12.9 Å². The van der Waals surface area contributed by atoms with Crippen molar-refractivity contribution in [3.05, 3.63) is 41.4 Å². The predicted octanol–water partition coefficient (Wildman–Crippen LogP) is 0.293. The quantitative estimate of drug-likeness (QED) is 0.558. The zero-order valence-electron chi connectivity index (χ0n) is 9.08. The Morgan fingerprint density at radius 1 is 1.31 bits per heavy atom. The first-order valence-electron chi connectivity index (χ1n) is 4.39. The molecule has 0 unspecified atom stereocenters. The van der Waals surface area contributed by atoms with Crippen LogP contribution >= 0.6 is 0 Å². The van der Waals surface area contributed by atoms with E-state index in [2.05, 4.69) is 0 Å². The van der Waals surface area contributed by atoms with Crippen molar-refractivity contribution in [2.24, 2.45) is 0 Å². The molecule has 0 aliphatic heterocycles. The molecule has 16 heavy (non-hydrogen) atoms. The van der Waals surface area contributed by atoms with Gasteiger partial charge in [-0.2, -0.15) is 0 Å². The number of carbonyl (C=O) groups is 1. The van der Waals surface area contributed by atoms with Crippen LogP contribution in [0, 0.1) is 0 Å². The maximum absolute atomic E-state index is 11.9. The summed E-state index contributed by atoms with van der Waals surface area (Å²) in [6, 6.07) is 6.07. The molecule has 1 nitrogen and oxygen atoms in total. The van der Waals surface area contributed by atoms with Gasteiger partial charge in [0.15, 0.2) is 5.78 Å². The zero-order chi connectivity index (χ0) is 11.5. The summed E-state index contributed by atoms with van der Waals surface area (Å²) in [6.45, 7) is -3.55. The molecule has 0 aliphatic rings. The van der Waals surface area contributed by atoms with Crippen LogP contribution in [0.3, 0.4) is 0 Å². The van der Waals surface area contributed by atoms with Crippen LogP contribution in [0.5, 0.6) is 0 Å². The molecule has 0 radical (unpaired) electrons. The van der Waals surface area contributed by atoms with E-state index in [-0.39, 0.29) is 63.1 Å². The van der Waals surface area contributed by atoms with Gasteiger partial charge in [-0.25, -0.2) is 0 Å². The number of rotatable bonds is 3. The number of halogens is 3. The van der Waals surface area contributed by atoms with E-state index in [1.54, 1.807) is 12.1 Å². The first-order chi connectivity index (χ1) is 6.88. The summed E-state index contributed by atoms with van der Waals surface area (Å²) < 4.78 is 35.7. The van der Waals surface area contributed by atoms with Crippen molar-refractivity contribution in [1.29, 1.82) is 0 Å². The molecule has 0 bridgehead atoms. The van der Waals surface area contributed by atoms with Crippen molar-refractivity contribution in [2.75, 3.05) is 0 Å². The largest absolute Gasteiger partial charge is 1.00 e. The Kier molecular flexibility index (Phi) is 6.81. The van der Waals surface area contributed by atoms with E-state index in [0.717, 1.165) is 6.08 Å². The van der Waals surface area contributed by atoms with Gasteiger partial charge in [-0.15, -0.1) is 5.98 Å². The number of hydrogen-bond acceptors (Lipinski definition) is 1. The van der Waals surface area contributed by atoms with Crippen molar-refractivity contribution in [3.63, 3.8) is 0 Å². The van der Waals surface area contributed by atoms with Gasteiger partial charge in [0.2, 0.25) is 0 Å². The first kappa shape index (κ1) is 16.1. The molecule has 1 rings (SSSR count). The fraction of sp³-hybridized carbons (Fsp3) is 0.100. The third kappa shape index (κ3) is 6.01. The van der Waals surface area contributed by atoms with Crippen LogP contribution in [0.25, 0.3) is 6.08 Å². The fourth-order valence-electron chi connectivity index (χ4n) is 1.08. The summed E-state index contributed by atoms with van der Waals surface area (Å²) in [7, 11) is 0. The Morgan fingerprint density at radius 3 is 2.44 bits per heavy atom. The third-order valence-electron chi connectivity index (χ3n) is 1.80. The molecule has 1 aromatic rings. The fourth-order valence-corrected chi connectivity index (χ4v) is 1.08. The zero-order valence-corrected chi connectivity index (χ0v) is 12.2. The van der Waals surface area contributed by atoms with Gasteiger partial charge >= 0.3 is 58.4 Å². The van der Waals surface area contributed by atoms with Crippen LogP contribution in [-0.2, 0) is 0 Å². The maximum Gasteiger partial charge on any atom is 1.00 e. The molecule has 0 saturated heterocycles. The number of hydrogen-bond donors (Lipinski definition) is 0. The van der Waals surface area contributed by atoms with Crippen LogP contribution in [0.15, 0.2) is 30.2 Å². The number of ketones is 1. The van der Waals surface area contributed by atoms with Crippen LogP contribution in [0.2, 0.25) is 0 Å². The minimum Gasteiger partial charge on any atom is -0.445 e. The Bertz CT molecular complexity index is 401. The van der Waals surface area contributed by atoms with E-state index in [4.69, 9.17) is 0 Å². The average Bonchev–Trinajstić information content (AvgIpc) is 2.14. The van der Waals surface area contributed by atoms with Gasteiger partial charge in [-0.1, -0.05) is 24.3 Å². The maximum atomic E-state index is 11.9. The topological polar surface area (TPSA) is 17.1 Å². The number of Topliss-reactive ketones (excluding diaryl/α,β-unsaturated/α-hetero) is 1. The third-order valence-corrected chi connectivity index (χ3v) is 1.80. The SMILES string of the molecule is CC(=O)c1cccc(/C=C/[B-](F)(F)F)c1.[K+]. The Hall–Kier alpha value is 0.121. The second-order valence-electron chi connectivity index (χ2n) is 3.17. The van der Waals surface area contributed by atoms with Crippen molar-refractivity contribution >= 4 is 18.8 Å². The molecule has 0 spiro atoms. The molecule has 0 fully saturated rings. The van der Waals surface area contributed by atoms with Crippen LogP contribution in [0.1, 0.15) is 22.8 Å². The molecule has 1 aromatic carbocycles. The Labute approximate surface area is 135 Å². The van der Waals surface area contributed by atoms with Crippen molar-refractivity contribution < 1.29 is 69.1 Å². The van der Waals surface area contributed by atoms with Crippen LogP contribution in [-0.4, -0.2) is 12.8 Å². The molecule has 6 heteroatoms. The predicted molar refractivity (Wildman–Crippen MR) is 54.6 cm³/mol. The second kappa shape index (κ2) is 6.76. The van der Waals surface area contributed by atoms with Gasteiger partial charge in [-0.3, -0.25) is 4.79 Å². The van der Waals surface area contributed by atoms with E-state index in [1.807, 2.05) is 0 Å². The van der Waals surface area contributed by atoms with E-state index < -0.39 is 6.98 Å².